The van der Waals surface area contributed by atoms with Gasteiger partial charge in [0, 0.05) is 6.54 Å². The van der Waals surface area contributed by atoms with Gasteiger partial charge in [-0.2, -0.15) is 0 Å². The first-order valence-electron chi connectivity index (χ1n) is 6.87. The van der Waals surface area contributed by atoms with E-state index < -0.39 is 11.6 Å². The largest absolute Gasteiger partial charge is 0.467 e. The molecular formula is C13H23ClN2O4. The van der Waals surface area contributed by atoms with Crippen molar-refractivity contribution in [1.82, 2.24) is 5.32 Å². The van der Waals surface area contributed by atoms with Gasteiger partial charge in [-0.25, -0.2) is 4.79 Å². The Kier molecular flexibility index (Phi) is 6.23. The van der Waals surface area contributed by atoms with Crippen molar-refractivity contribution in [2.45, 2.75) is 56.3 Å². The molecule has 1 aliphatic heterocycles. The number of halogens is 1. The van der Waals surface area contributed by atoms with Gasteiger partial charge >= 0.3 is 5.97 Å². The number of ether oxygens (including phenoxy) is 2. The van der Waals surface area contributed by atoms with Gasteiger partial charge in [0.15, 0.2) is 0 Å². The van der Waals surface area contributed by atoms with E-state index in [4.69, 9.17) is 15.2 Å². The normalized spacial score (nSPS) is 27.7. The Labute approximate surface area is 125 Å². The highest BCUT2D eigenvalue weighted by atomic mass is 35.5. The average molecular weight is 307 g/mol. The van der Waals surface area contributed by atoms with Crippen LogP contribution in [0.2, 0.25) is 0 Å². The summed E-state index contributed by atoms with van der Waals surface area (Å²) in [6, 6.07) is 0. The lowest BCUT2D eigenvalue weighted by Gasteiger charge is -2.28. The molecule has 2 atom stereocenters. The summed E-state index contributed by atoms with van der Waals surface area (Å²) >= 11 is 0. The van der Waals surface area contributed by atoms with E-state index in [9.17, 15) is 9.59 Å². The number of rotatable bonds is 4. The predicted octanol–water partition coefficient (Wildman–Crippen LogP) is 0.516. The topological polar surface area (TPSA) is 90.7 Å². The summed E-state index contributed by atoms with van der Waals surface area (Å²) in [5.74, 6) is -0.574. The van der Waals surface area contributed by atoms with Gasteiger partial charge in [0.05, 0.1) is 13.2 Å². The van der Waals surface area contributed by atoms with Gasteiger partial charge in [-0.1, -0.05) is 12.8 Å². The Morgan fingerprint density at radius 2 is 2.00 bits per heavy atom. The number of hydrogen-bond donors (Lipinski definition) is 2. The zero-order valence-corrected chi connectivity index (χ0v) is 12.5. The van der Waals surface area contributed by atoms with Crippen LogP contribution in [0.3, 0.4) is 0 Å². The zero-order valence-electron chi connectivity index (χ0n) is 11.7. The van der Waals surface area contributed by atoms with Gasteiger partial charge in [0.1, 0.15) is 11.6 Å². The van der Waals surface area contributed by atoms with Gasteiger partial charge in [-0.15, -0.1) is 12.4 Å². The van der Waals surface area contributed by atoms with Crippen molar-refractivity contribution in [1.29, 1.82) is 0 Å². The van der Waals surface area contributed by atoms with Crippen LogP contribution in [-0.2, 0) is 19.1 Å². The molecule has 0 bridgehead atoms. The minimum absolute atomic E-state index is 0. The lowest BCUT2D eigenvalue weighted by Crippen LogP contribution is -2.55. The molecule has 1 saturated carbocycles. The number of esters is 1. The van der Waals surface area contributed by atoms with E-state index in [1.807, 2.05) is 0 Å². The SMILES string of the molecule is COC(=O)C1(NC(=O)[C@@H]2CC[C@H](CN)O2)CCCC1.Cl. The molecule has 116 valence electrons. The number of carbonyl (C=O) groups excluding carboxylic acids is 2. The number of nitrogens with two attached hydrogens (primary N) is 1. The van der Waals surface area contributed by atoms with Crippen LogP contribution in [0.4, 0.5) is 0 Å². The second-order valence-corrected chi connectivity index (χ2v) is 5.33. The van der Waals surface area contributed by atoms with E-state index in [1.54, 1.807) is 0 Å². The molecule has 1 heterocycles. The highest BCUT2D eigenvalue weighted by Gasteiger charge is 2.45. The van der Waals surface area contributed by atoms with Crippen molar-refractivity contribution in [2.24, 2.45) is 5.73 Å². The van der Waals surface area contributed by atoms with Crippen LogP contribution in [-0.4, -0.2) is 43.3 Å². The lowest BCUT2D eigenvalue weighted by molar-refractivity contribution is -0.152. The highest BCUT2D eigenvalue weighted by molar-refractivity contribution is 5.90. The fourth-order valence-corrected chi connectivity index (χ4v) is 2.94. The van der Waals surface area contributed by atoms with E-state index in [1.165, 1.54) is 7.11 Å². The van der Waals surface area contributed by atoms with Gasteiger partial charge in [-0.05, 0) is 25.7 Å². The van der Waals surface area contributed by atoms with E-state index in [0.717, 1.165) is 19.3 Å². The van der Waals surface area contributed by atoms with E-state index in [0.29, 0.717) is 25.8 Å². The summed E-state index contributed by atoms with van der Waals surface area (Å²) < 4.78 is 10.4. The lowest BCUT2D eigenvalue weighted by atomic mass is 9.97. The first-order chi connectivity index (χ1) is 9.11. The number of carbonyl (C=O) groups is 2. The minimum atomic E-state index is -0.851. The third-order valence-corrected chi connectivity index (χ3v) is 4.06. The first-order valence-corrected chi connectivity index (χ1v) is 6.87. The van der Waals surface area contributed by atoms with Crippen molar-refractivity contribution in [3.8, 4) is 0 Å². The maximum atomic E-state index is 12.2. The molecule has 0 spiro atoms. The minimum Gasteiger partial charge on any atom is -0.467 e. The second kappa shape index (κ2) is 7.24. The molecule has 2 aliphatic rings. The summed E-state index contributed by atoms with van der Waals surface area (Å²) in [4.78, 5) is 24.1. The Morgan fingerprint density at radius 1 is 1.35 bits per heavy atom. The van der Waals surface area contributed by atoms with Gasteiger partial charge in [-0.3, -0.25) is 4.79 Å². The van der Waals surface area contributed by atoms with E-state index in [-0.39, 0.29) is 30.4 Å². The monoisotopic (exact) mass is 306 g/mol. The molecule has 0 unspecified atom stereocenters. The second-order valence-electron chi connectivity index (χ2n) is 5.33. The molecule has 2 fully saturated rings. The molecule has 2 rings (SSSR count). The molecule has 20 heavy (non-hydrogen) atoms. The van der Waals surface area contributed by atoms with Gasteiger partial charge < -0.3 is 20.5 Å². The van der Waals surface area contributed by atoms with Gasteiger partial charge in [0.2, 0.25) is 5.91 Å². The molecule has 3 N–H and O–H groups in total. The van der Waals surface area contributed by atoms with Crippen molar-refractivity contribution in [3.63, 3.8) is 0 Å². The Balaban J connectivity index is 0.00000200. The molecule has 7 heteroatoms. The fraction of sp³-hybridized carbons (Fsp3) is 0.846. The molecule has 0 aromatic heterocycles. The summed E-state index contributed by atoms with van der Waals surface area (Å²) in [6.07, 6.45) is 4.03. The number of methoxy groups -OCH3 is 1. The predicted molar refractivity (Wildman–Crippen MR) is 75.6 cm³/mol. The highest BCUT2D eigenvalue weighted by Crippen LogP contribution is 2.31. The molecule has 1 amide bonds. The van der Waals surface area contributed by atoms with Crippen molar-refractivity contribution >= 4 is 24.3 Å². The summed E-state index contributed by atoms with van der Waals surface area (Å²) in [7, 11) is 1.35. The van der Waals surface area contributed by atoms with Crippen LogP contribution in [0.25, 0.3) is 0 Å². The summed E-state index contributed by atoms with van der Waals surface area (Å²) in [5.41, 5.74) is 4.67. The Bertz CT molecular complexity index is 358. The zero-order chi connectivity index (χ0) is 13.9. The number of hydrogen-bond acceptors (Lipinski definition) is 5. The van der Waals surface area contributed by atoms with Crippen LogP contribution in [0.5, 0.6) is 0 Å². The van der Waals surface area contributed by atoms with Crippen LogP contribution in [0.1, 0.15) is 38.5 Å². The Morgan fingerprint density at radius 3 is 2.50 bits per heavy atom. The third kappa shape index (κ3) is 3.42. The van der Waals surface area contributed by atoms with E-state index in [2.05, 4.69) is 5.32 Å². The van der Waals surface area contributed by atoms with Crippen molar-refractivity contribution in [2.75, 3.05) is 13.7 Å². The molecule has 1 saturated heterocycles. The standard InChI is InChI=1S/C13H22N2O4.ClH/c1-18-12(17)13(6-2-3-7-13)15-11(16)10-5-4-9(8-14)19-10;/h9-10H,2-8,14H2,1H3,(H,15,16);1H/t9-,10+;/m1./s1. The number of amides is 1. The van der Waals surface area contributed by atoms with Crippen molar-refractivity contribution in [3.05, 3.63) is 0 Å². The van der Waals surface area contributed by atoms with E-state index >= 15 is 0 Å². The quantitative estimate of drug-likeness (QED) is 0.739. The molecule has 1 aliphatic carbocycles. The average Bonchev–Trinajstić information content (AvgIpc) is 3.06. The summed E-state index contributed by atoms with van der Waals surface area (Å²) in [6.45, 7) is 0.423. The maximum absolute atomic E-state index is 12.2. The molecular weight excluding hydrogens is 284 g/mol. The molecule has 6 nitrogen and oxygen atoms in total. The van der Waals surface area contributed by atoms with Crippen LogP contribution < -0.4 is 11.1 Å². The van der Waals surface area contributed by atoms with Crippen LogP contribution >= 0.6 is 12.4 Å². The molecule has 0 radical (unpaired) electrons. The summed E-state index contributed by atoms with van der Waals surface area (Å²) in [5, 5.41) is 2.85. The first kappa shape index (κ1) is 17.2. The Hall–Kier alpha value is -0.850. The van der Waals surface area contributed by atoms with Gasteiger partial charge in [0.25, 0.3) is 0 Å². The molecule has 0 aromatic rings. The van der Waals surface area contributed by atoms with Crippen LogP contribution in [0.15, 0.2) is 0 Å². The van der Waals surface area contributed by atoms with Crippen molar-refractivity contribution < 1.29 is 19.1 Å². The third-order valence-electron chi connectivity index (χ3n) is 4.06. The van der Waals surface area contributed by atoms with Crippen LogP contribution in [0, 0.1) is 0 Å². The molecule has 0 aromatic carbocycles. The fourth-order valence-electron chi connectivity index (χ4n) is 2.94. The maximum Gasteiger partial charge on any atom is 0.331 e. The number of nitrogens with one attached hydrogen (secondary N) is 1. The smallest absolute Gasteiger partial charge is 0.331 e.